The van der Waals surface area contributed by atoms with Gasteiger partial charge in [-0.3, -0.25) is 0 Å². The van der Waals surface area contributed by atoms with Gasteiger partial charge in [0.1, 0.15) is 0 Å². The first-order chi connectivity index (χ1) is 9.57. The summed E-state index contributed by atoms with van der Waals surface area (Å²) < 4.78 is 4.74. The Balaban J connectivity index is 2.61. The molecule has 0 spiro atoms. The molecular formula is C18H27ClO2. The summed E-state index contributed by atoms with van der Waals surface area (Å²) in [5.41, 5.74) is 1.16. The normalized spacial score (nSPS) is 26.6. The van der Waals surface area contributed by atoms with Crippen LogP contribution in [-0.2, 0) is 9.53 Å². The Kier molecular flexibility index (Phi) is 5.86. The fourth-order valence-corrected chi connectivity index (χ4v) is 2.96. The summed E-state index contributed by atoms with van der Waals surface area (Å²) in [6.07, 6.45) is 8.80. The van der Waals surface area contributed by atoms with E-state index in [2.05, 4.69) is 34.3 Å². The highest BCUT2D eigenvalue weighted by Crippen LogP contribution is 2.54. The van der Waals surface area contributed by atoms with E-state index in [-0.39, 0.29) is 5.97 Å². The molecule has 1 rings (SSSR count). The van der Waals surface area contributed by atoms with Crippen LogP contribution in [0.4, 0.5) is 0 Å². The topological polar surface area (TPSA) is 26.3 Å². The summed E-state index contributed by atoms with van der Waals surface area (Å²) in [5, 5.41) is 0.322. The van der Waals surface area contributed by atoms with Gasteiger partial charge in [-0.1, -0.05) is 58.0 Å². The van der Waals surface area contributed by atoms with Crippen molar-refractivity contribution in [2.75, 3.05) is 7.11 Å². The van der Waals surface area contributed by atoms with Crippen molar-refractivity contribution in [2.24, 2.45) is 16.7 Å². The quantitative estimate of drug-likeness (QED) is 0.394. The number of esters is 1. The van der Waals surface area contributed by atoms with Crippen LogP contribution in [0.2, 0.25) is 0 Å². The third kappa shape index (κ3) is 5.35. The van der Waals surface area contributed by atoms with Crippen LogP contribution in [0.3, 0.4) is 0 Å². The fourth-order valence-electron chi connectivity index (χ4n) is 2.84. The molecule has 0 aromatic heterocycles. The van der Waals surface area contributed by atoms with Gasteiger partial charge in [-0.05, 0) is 42.1 Å². The van der Waals surface area contributed by atoms with Crippen molar-refractivity contribution in [1.82, 2.24) is 0 Å². The van der Waals surface area contributed by atoms with Crippen molar-refractivity contribution in [1.29, 1.82) is 0 Å². The van der Waals surface area contributed by atoms with E-state index in [9.17, 15) is 4.79 Å². The molecule has 0 amide bonds. The minimum absolute atomic E-state index is 0.322. The SMILES string of the molecule is C=C(Cl)/C=C(\C=C/C[C@]1(C)C[C@H](C(C)(C)C)C1)C(=O)OC. The molecule has 0 aromatic rings. The number of ether oxygens (including phenoxy) is 1. The monoisotopic (exact) mass is 310 g/mol. The van der Waals surface area contributed by atoms with Gasteiger partial charge in [-0.15, -0.1) is 0 Å². The second kappa shape index (κ2) is 6.83. The first-order valence-electron chi connectivity index (χ1n) is 7.38. The number of hydrogen-bond donors (Lipinski definition) is 0. The molecule has 0 N–H and O–H groups in total. The minimum Gasteiger partial charge on any atom is -0.465 e. The molecule has 118 valence electrons. The van der Waals surface area contributed by atoms with Crippen molar-refractivity contribution in [3.8, 4) is 0 Å². The molecule has 2 nitrogen and oxygen atoms in total. The third-order valence-corrected chi connectivity index (χ3v) is 4.45. The van der Waals surface area contributed by atoms with E-state index >= 15 is 0 Å². The van der Waals surface area contributed by atoms with E-state index in [1.54, 1.807) is 6.08 Å². The molecular weight excluding hydrogens is 284 g/mol. The van der Waals surface area contributed by atoms with Gasteiger partial charge >= 0.3 is 5.97 Å². The average Bonchev–Trinajstić information content (AvgIpc) is 2.31. The van der Waals surface area contributed by atoms with Crippen LogP contribution in [-0.4, -0.2) is 13.1 Å². The fraction of sp³-hybridized carbons (Fsp3) is 0.611. The van der Waals surface area contributed by atoms with E-state index in [4.69, 9.17) is 16.3 Å². The molecule has 3 heteroatoms. The van der Waals surface area contributed by atoms with Gasteiger partial charge in [0, 0.05) is 5.03 Å². The number of halogens is 1. The number of hydrogen-bond acceptors (Lipinski definition) is 2. The Bertz CT molecular complexity index is 460. The number of methoxy groups -OCH3 is 1. The number of allylic oxidation sites excluding steroid dienone is 3. The van der Waals surface area contributed by atoms with Crippen LogP contribution in [0.5, 0.6) is 0 Å². The lowest BCUT2D eigenvalue weighted by Crippen LogP contribution is -2.41. The van der Waals surface area contributed by atoms with Gasteiger partial charge in [-0.2, -0.15) is 0 Å². The van der Waals surface area contributed by atoms with E-state index < -0.39 is 0 Å². The van der Waals surface area contributed by atoms with Crippen LogP contribution >= 0.6 is 11.6 Å². The highest BCUT2D eigenvalue weighted by molar-refractivity contribution is 6.31. The smallest absolute Gasteiger partial charge is 0.337 e. The standard InChI is InChI=1S/C18H27ClO2/c1-13(19)10-14(16(20)21-6)8-7-9-18(5)11-15(12-18)17(2,3)4/h7-8,10,15H,1,9,11-12H2,2-6H3/b8-7-,14-10+/t15-,18+. The van der Waals surface area contributed by atoms with Crippen LogP contribution < -0.4 is 0 Å². The van der Waals surface area contributed by atoms with Crippen molar-refractivity contribution >= 4 is 17.6 Å². The highest BCUT2D eigenvalue weighted by Gasteiger charge is 2.44. The maximum absolute atomic E-state index is 11.6. The van der Waals surface area contributed by atoms with E-state index in [0.29, 0.717) is 21.4 Å². The zero-order valence-corrected chi connectivity index (χ0v) is 14.6. The molecule has 1 aliphatic rings. The molecule has 21 heavy (non-hydrogen) atoms. The molecule has 0 aromatic carbocycles. The molecule has 0 atom stereocenters. The highest BCUT2D eigenvalue weighted by atomic mass is 35.5. The minimum atomic E-state index is -0.389. The lowest BCUT2D eigenvalue weighted by atomic mass is 9.54. The molecule has 1 aliphatic carbocycles. The Morgan fingerprint density at radius 1 is 1.43 bits per heavy atom. The molecule has 0 radical (unpaired) electrons. The predicted octanol–water partition coefficient (Wildman–Crippen LogP) is 5.25. The van der Waals surface area contributed by atoms with E-state index in [1.807, 2.05) is 6.08 Å². The average molecular weight is 311 g/mol. The molecule has 0 aliphatic heterocycles. The largest absolute Gasteiger partial charge is 0.465 e. The molecule has 0 bridgehead atoms. The summed E-state index contributed by atoms with van der Waals surface area (Å²) in [6.45, 7) is 12.8. The van der Waals surface area contributed by atoms with Crippen LogP contribution in [0.25, 0.3) is 0 Å². The maximum atomic E-state index is 11.6. The second-order valence-electron chi connectivity index (χ2n) is 7.43. The van der Waals surface area contributed by atoms with E-state index in [0.717, 1.165) is 12.3 Å². The van der Waals surface area contributed by atoms with Gasteiger partial charge in [-0.25, -0.2) is 4.79 Å². The summed E-state index contributed by atoms with van der Waals surface area (Å²) in [4.78, 5) is 11.6. The van der Waals surface area contributed by atoms with Crippen molar-refractivity contribution in [3.63, 3.8) is 0 Å². The van der Waals surface area contributed by atoms with Crippen LogP contribution in [0.15, 0.2) is 35.4 Å². The third-order valence-electron chi connectivity index (χ3n) is 4.34. The Morgan fingerprint density at radius 2 is 2.00 bits per heavy atom. The van der Waals surface area contributed by atoms with Gasteiger partial charge in [0.25, 0.3) is 0 Å². The van der Waals surface area contributed by atoms with Gasteiger partial charge in [0.2, 0.25) is 0 Å². The number of rotatable bonds is 5. The van der Waals surface area contributed by atoms with Crippen molar-refractivity contribution in [2.45, 2.75) is 47.0 Å². The zero-order valence-electron chi connectivity index (χ0n) is 13.8. The van der Waals surface area contributed by atoms with Crippen molar-refractivity contribution in [3.05, 3.63) is 35.4 Å². The lowest BCUT2D eigenvalue weighted by molar-refractivity contribution is -0.135. The molecule has 0 unspecified atom stereocenters. The first kappa shape index (κ1) is 18.0. The lowest BCUT2D eigenvalue weighted by Gasteiger charge is -2.51. The van der Waals surface area contributed by atoms with E-state index in [1.165, 1.54) is 26.0 Å². The van der Waals surface area contributed by atoms with Crippen LogP contribution in [0.1, 0.15) is 47.0 Å². The second-order valence-corrected chi connectivity index (χ2v) is 7.91. The Labute approximate surface area is 133 Å². The van der Waals surface area contributed by atoms with Crippen LogP contribution in [0, 0.1) is 16.7 Å². The predicted molar refractivity (Wildman–Crippen MR) is 89.1 cm³/mol. The zero-order chi connectivity index (χ0) is 16.3. The number of carbonyl (C=O) groups excluding carboxylic acids is 1. The summed E-state index contributed by atoms with van der Waals surface area (Å²) in [6, 6.07) is 0. The molecule has 0 saturated heterocycles. The summed E-state index contributed by atoms with van der Waals surface area (Å²) >= 11 is 5.74. The molecule has 0 heterocycles. The number of carbonyl (C=O) groups is 1. The van der Waals surface area contributed by atoms with Crippen molar-refractivity contribution < 1.29 is 9.53 Å². The summed E-state index contributed by atoms with van der Waals surface area (Å²) in [7, 11) is 1.36. The molecule has 1 saturated carbocycles. The van der Waals surface area contributed by atoms with Gasteiger partial charge in [0.15, 0.2) is 0 Å². The maximum Gasteiger partial charge on any atom is 0.337 e. The first-order valence-corrected chi connectivity index (χ1v) is 7.76. The molecule has 1 fully saturated rings. The Morgan fingerprint density at radius 3 is 2.43 bits per heavy atom. The summed E-state index contributed by atoms with van der Waals surface area (Å²) in [5.74, 6) is 0.397. The Hall–Kier alpha value is -1.02. The van der Waals surface area contributed by atoms with Gasteiger partial charge < -0.3 is 4.74 Å². The van der Waals surface area contributed by atoms with Gasteiger partial charge in [0.05, 0.1) is 12.7 Å².